The fourth-order valence-electron chi connectivity index (χ4n) is 4.43. The molecule has 2 aromatic rings. The Balaban J connectivity index is 1.41. The smallest absolute Gasteiger partial charge is 0.262 e. The Morgan fingerprint density at radius 3 is 2.71 bits per heavy atom. The quantitative estimate of drug-likeness (QED) is 0.397. The van der Waals surface area contributed by atoms with Gasteiger partial charge in [-0.15, -0.1) is 11.3 Å². The molecule has 2 amide bonds. The lowest BCUT2D eigenvalue weighted by Gasteiger charge is -2.21. The van der Waals surface area contributed by atoms with Crippen molar-refractivity contribution in [3.05, 3.63) is 44.9 Å². The molecule has 2 atom stereocenters. The second-order valence-electron chi connectivity index (χ2n) is 9.34. The molecule has 2 aliphatic rings. The minimum absolute atomic E-state index is 0.0475. The van der Waals surface area contributed by atoms with Gasteiger partial charge >= 0.3 is 0 Å². The van der Waals surface area contributed by atoms with Crippen LogP contribution in [-0.2, 0) is 16.1 Å². The van der Waals surface area contributed by atoms with Gasteiger partial charge in [-0.05, 0) is 50.3 Å². The third-order valence-electron chi connectivity index (χ3n) is 6.46. The maximum atomic E-state index is 13.1. The summed E-state index contributed by atoms with van der Waals surface area (Å²) in [6.45, 7) is 2.40. The Morgan fingerprint density at radius 2 is 2.00 bits per heavy atom. The summed E-state index contributed by atoms with van der Waals surface area (Å²) in [4.78, 5) is 31.8. The molecule has 3 N–H and O–H groups in total. The first-order valence-corrected chi connectivity index (χ1v) is 13.2. The molecule has 2 saturated carbocycles. The van der Waals surface area contributed by atoms with E-state index in [1.54, 1.807) is 13.3 Å². The number of nitrogens with zero attached hydrogens (tertiary/aromatic N) is 1. The van der Waals surface area contributed by atoms with E-state index in [1.165, 1.54) is 24.2 Å². The van der Waals surface area contributed by atoms with E-state index in [-0.39, 0.29) is 23.9 Å². The number of carbonyl (C=O) groups is 2. The van der Waals surface area contributed by atoms with Crippen LogP contribution in [-0.4, -0.2) is 36.0 Å². The minimum atomic E-state index is -0.480. The van der Waals surface area contributed by atoms with Crippen molar-refractivity contribution in [2.75, 3.05) is 12.4 Å². The lowest BCUT2D eigenvalue weighted by molar-refractivity contribution is -0.123. The summed E-state index contributed by atoms with van der Waals surface area (Å²) < 4.78 is 5.23. The van der Waals surface area contributed by atoms with Crippen molar-refractivity contribution in [1.82, 2.24) is 15.6 Å². The molecule has 34 heavy (non-hydrogen) atoms. The molecule has 0 spiro atoms. The summed E-state index contributed by atoms with van der Waals surface area (Å²) in [6, 6.07) is 5.33. The number of aromatic nitrogens is 1. The van der Waals surface area contributed by atoms with Crippen molar-refractivity contribution in [2.45, 2.75) is 76.6 Å². The van der Waals surface area contributed by atoms with Gasteiger partial charge < -0.3 is 20.7 Å². The van der Waals surface area contributed by atoms with Crippen molar-refractivity contribution in [3.8, 4) is 0 Å². The van der Waals surface area contributed by atoms with E-state index in [0.29, 0.717) is 28.8 Å². The summed E-state index contributed by atoms with van der Waals surface area (Å²) in [6.07, 6.45) is 9.07. The monoisotopic (exact) mass is 504 g/mol. The molecular weight excluding hydrogens is 472 g/mol. The Labute approximate surface area is 210 Å². The SMILES string of the molecule is COCc1ncc(Cl)cc1N[C@@H](C)c1ccc(C(=O)N[C@@H](CC2CCCC2)C(=O)NC2CC2)s1. The molecule has 0 aliphatic heterocycles. The number of nitrogens with one attached hydrogen (secondary N) is 3. The molecule has 9 heteroatoms. The second kappa shape index (κ2) is 11.5. The molecule has 0 saturated heterocycles. The fraction of sp³-hybridized carbons (Fsp3) is 0.560. The molecule has 2 aliphatic carbocycles. The molecule has 2 heterocycles. The van der Waals surface area contributed by atoms with E-state index >= 15 is 0 Å². The van der Waals surface area contributed by atoms with E-state index in [1.807, 2.05) is 25.1 Å². The zero-order chi connectivity index (χ0) is 24.1. The van der Waals surface area contributed by atoms with Crippen LogP contribution in [0.3, 0.4) is 0 Å². The van der Waals surface area contributed by atoms with Crippen molar-refractivity contribution in [1.29, 1.82) is 0 Å². The van der Waals surface area contributed by atoms with Gasteiger partial charge in [-0.3, -0.25) is 14.6 Å². The third-order valence-corrected chi connectivity index (χ3v) is 7.93. The fourth-order valence-corrected chi connectivity index (χ4v) is 5.50. The molecule has 0 bridgehead atoms. The molecular formula is C25H33ClN4O3S. The highest BCUT2D eigenvalue weighted by Gasteiger charge is 2.31. The second-order valence-corrected chi connectivity index (χ2v) is 10.9. The zero-order valence-corrected chi connectivity index (χ0v) is 21.3. The van der Waals surface area contributed by atoms with Crippen molar-refractivity contribution in [3.63, 3.8) is 0 Å². The van der Waals surface area contributed by atoms with Crippen LogP contribution in [0.1, 0.15) is 78.2 Å². The van der Waals surface area contributed by atoms with Gasteiger partial charge in [0, 0.05) is 24.2 Å². The van der Waals surface area contributed by atoms with Gasteiger partial charge in [0.15, 0.2) is 0 Å². The Bertz CT molecular complexity index is 1000. The number of halogens is 1. The predicted octanol–water partition coefficient (Wildman–Crippen LogP) is 5.07. The van der Waals surface area contributed by atoms with Gasteiger partial charge in [-0.1, -0.05) is 37.3 Å². The number of thiophene rings is 1. The molecule has 2 fully saturated rings. The standard InChI is InChI=1S/C25H33ClN4O3S/c1-15(28-19-12-17(26)13-27-21(19)14-33-2)22-9-10-23(34-22)25(32)30-20(11-16-5-3-4-6-16)24(31)29-18-7-8-18/h9-10,12-13,15-16,18,20,28H,3-8,11,14H2,1-2H3,(H,29,31)(H,30,32)/t15-,20-/m0/s1. The van der Waals surface area contributed by atoms with Crippen LogP contribution in [0, 0.1) is 5.92 Å². The number of ether oxygens (including phenoxy) is 1. The van der Waals surface area contributed by atoms with Crippen molar-refractivity contribution in [2.24, 2.45) is 5.92 Å². The van der Waals surface area contributed by atoms with E-state index < -0.39 is 6.04 Å². The first-order valence-electron chi connectivity index (χ1n) is 12.0. The third kappa shape index (κ3) is 6.71. The summed E-state index contributed by atoms with van der Waals surface area (Å²) in [5, 5.41) is 10.1. The molecule has 4 rings (SSSR count). The molecule has 0 radical (unpaired) electrons. The molecule has 0 aromatic carbocycles. The molecule has 7 nitrogen and oxygen atoms in total. The van der Waals surface area contributed by atoms with E-state index in [2.05, 4.69) is 20.9 Å². The highest BCUT2D eigenvalue weighted by Crippen LogP contribution is 2.31. The number of anilines is 1. The highest BCUT2D eigenvalue weighted by molar-refractivity contribution is 7.14. The van der Waals surface area contributed by atoms with Gasteiger partial charge in [0.2, 0.25) is 5.91 Å². The summed E-state index contributed by atoms with van der Waals surface area (Å²) in [7, 11) is 1.62. The number of carbonyl (C=O) groups excluding carboxylic acids is 2. The maximum Gasteiger partial charge on any atom is 0.262 e. The molecule has 184 valence electrons. The van der Waals surface area contributed by atoms with Crippen LogP contribution in [0.2, 0.25) is 5.02 Å². The maximum absolute atomic E-state index is 13.1. The minimum Gasteiger partial charge on any atom is -0.378 e. The van der Waals surface area contributed by atoms with Crippen LogP contribution in [0.5, 0.6) is 0 Å². The van der Waals surface area contributed by atoms with Crippen LogP contribution in [0.25, 0.3) is 0 Å². The van der Waals surface area contributed by atoms with Gasteiger partial charge in [-0.2, -0.15) is 0 Å². The van der Waals surface area contributed by atoms with E-state index in [4.69, 9.17) is 16.3 Å². The first kappa shape index (κ1) is 24.9. The normalized spacial score (nSPS) is 17.9. The number of pyridine rings is 1. The molecule has 0 unspecified atom stereocenters. The number of methoxy groups -OCH3 is 1. The molecule has 2 aromatic heterocycles. The van der Waals surface area contributed by atoms with Gasteiger partial charge in [0.05, 0.1) is 33.9 Å². The lowest BCUT2D eigenvalue weighted by Crippen LogP contribution is -2.48. The van der Waals surface area contributed by atoms with Crippen molar-refractivity contribution < 1.29 is 14.3 Å². The van der Waals surface area contributed by atoms with Crippen LogP contribution < -0.4 is 16.0 Å². The number of hydrogen-bond acceptors (Lipinski definition) is 6. The number of amides is 2. The number of rotatable bonds is 11. The van der Waals surface area contributed by atoms with Crippen molar-refractivity contribution >= 4 is 40.4 Å². The van der Waals surface area contributed by atoms with E-state index in [9.17, 15) is 9.59 Å². The summed E-state index contributed by atoms with van der Waals surface area (Å²) >= 11 is 7.56. The zero-order valence-electron chi connectivity index (χ0n) is 19.7. The highest BCUT2D eigenvalue weighted by atomic mass is 35.5. The average Bonchev–Trinajstić information content (AvgIpc) is 3.26. The van der Waals surface area contributed by atoms with Gasteiger partial charge in [-0.25, -0.2) is 0 Å². The Hall–Kier alpha value is -2.16. The first-order chi connectivity index (χ1) is 16.4. The van der Waals surface area contributed by atoms with Gasteiger partial charge in [0.1, 0.15) is 6.04 Å². The predicted molar refractivity (Wildman–Crippen MR) is 135 cm³/mol. The Morgan fingerprint density at radius 1 is 1.24 bits per heavy atom. The topological polar surface area (TPSA) is 92.3 Å². The largest absolute Gasteiger partial charge is 0.378 e. The van der Waals surface area contributed by atoms with Gasteiger partial charge in [0.25, 0.3) is 5.91 Å². The van der Waals surface area contributed by atoms with Crippen LogP contribution in [0.4, 0.5) is 5.69 Å². The Kier molecular flexibility index (Phi) is 8.45. The number of hydrogen-bond donors (Lipinski definition) is 3. The van der Waals surface area contributed by atoms with Crippen LogP contribution >= 0.6 is 22.9 Å². The van der Waals surface area contributed by atoms with E-state index in [0.717, 1.165) is 41.9 Å². The van der Waals surface area contributed by atoms with Crippen LogP contribution in [0.15, 0.2) is 24.4 Å². The average molecular weight is 505 g/mol. The lowest BCUT2D eigenvalue weighted by atomic mass is 9.97. The summed E-state index contributed by atoms with van der Waals surface area (Å²) in [5.41, 5.74) is 1.57. The summed E-state index contributed by atoms with van der Waals surface area (Å²) in [5.74, 6) is 0.265.